The van der Waals surface area contributed by atoms with Crippen molar-refractivity contribution in [2.45, 2.75) is 39.3 Å². The Kier molecular flexibility index (Phi) is 5.38. The van der Waals surface area contributed by atoms with Crippen molar-refractivity contribution < 1.29 is 0 Å². The smallest absolute Gasteiger partial charge is 0.0294 e. The van der Waals surface area contributed by atoms with Crippen LogP contribution in [0.5, 0.6) is 0 Å². The molecule has 2 aromatic rings. The highest BCUT2D eigenvalue weighted by Gasteiger charge is 2.05. The molecular weight excluding hydrogens is 310 g/mol. The molecule has 0 aliphatic carbocycles. The Morgan fingerprint density at radius 3 is 1.95 bits per heavy atom. The highest BCUT2D eigenvalue weighted by molar-refractivity contribution is 9.10. The number of benzene rings is 2. The van der Waals surface area contributed by atoms with Gasteiger partial charge in [0.15, 0.2) is 0 Å². The normalized spacial score (nSPS) is 12.7. The Morgan fingerprint density at radius 1 is 0.850 bits per heavy atom. The van der Waals surface area contributed by atoms with Gasteiger partial charge in [-0.1, -0.05) is 66.2 Å². The van der Waals surface area contributed by atoms with Gasteiger partial charge in [-0.2, -0.15) is 0 Å². The Hall–Kier alpha value is -1.12. The van der Waals surface area contributed by atoms with E-state index in [9.17, 15) is 0 Å². The van der Waals surface area contributed by atoms with E-state index in [1.165, 1.54) is 16.7 Å². The molecule has 0 spiro atoms. The zero-order chi connectivity index (χ0) is 14.5. The van der Waals surface area contributed by atoms with E-state index in [1.54, 1.807) is 0 Å². The Labute approximate surface area is 130 Å². The summed E-state index contributed by atoms with van der Waals surface area (Å²) in [6.07, 6.45) is 0. The third-order valence-electron chi connectivity index (χ3n) is 3.63. The van der Waals surface area contributed by atoms with Crippen molar-refractivity contribution in [3.63, 3.8) is 0 Å². The van der Waals surface area contributed by atoms with Gasteiger partial charge in [0.1, 0.15) is 0 Å². The molecule has 20 heavy (non-hydrogen) atoms. The van der Waals surface area contributed by atoms with Crippen LogP contribution in [0.3, 0.4) is 0 Å². The fourth-order valence-corrected chi connectivity index (χ4v) is 2.42. The van der Waals surface area contributed by atoms with Crippen molar-refractivity contribution >= 4 is 15.9 Å². The van der Waals surface area contributed by atoms with E-state index in [0.29, 0.717) is 12.0 Å². The molecule has 0 heterocycles. The molecule has 0 saturated carbocycles. The van der Waals surface area contributed by atoms with Crippen LogP contribution < -0.4 is 5.32 Å². The van der Waals surface area contributed by atoms with Crippen molar-refractivity contribution in [3.8, 4) is 0 Å². The summed E-state index contributed by atoms with van der Waals surface area (Å²) < 4.78 is 1.12. The van der Waals surface area contributed by atoms with Gasteiger partial charge in [0.2, 0.25) is 0 Å². The SMILES string of the molecule is CC(C)c1ccc(CN[C@@H](C)c2ccc(Br)cc2)cc1. The summed E-state index contributed by atoms with van der Waals surface area (Å²) in [5.74, 6) is 0.596. The summed E-state index contributed by atoms with van der Waals surface area (Å²) in [4.78, 5) is 0. The third-order valence-corrected chi connectivity index (χ3v) is 4.16. The quantitative estimate of drug-likeness (QED) is 0.770. The number of hydrogen-bond donors (Lipinski definition) is 1. The second-order valence-electron chi connectivity index (χ2n) is 5.55. The maximum atomic E-state index is 3.57. The monoisotopic (exact) mass is 331 g/mol. The lowest BCUT2D eigenvalue weighted by molar-refractivity contribution is 0.574. The molecule has 0 bridgehead atoms. The number of halogens is 1. The van der Waals surface area contributed by atoms with Crippen LogP contribution in [0.15, 0.2) is 53.0 Å². The maximum Gasteiger partial charge on any atom is 0.0294 e. The van der Waals surface area contributed by atoms with Gasteiger partial charge in [0.05, 0.1) is 0 Å². The zero-order valence-electron chi connectivity index (χ0n) is 12.4. The van der Waals surface area contributed by atoms with E-state index in [4.69, 9.17) is 0 Å². The van der Waals surface area contributed by atoms with Crippen LogP contribution in [-0.2, 0) is 6.54 Å². The Morgan fingerprint density at radius 2 is 1.40 bits per heavy atom. The first-order valence-corrected chi connectivity index (χ1v) is 7.93. The number of hydrogen-bond acceptors (Lipinski definition) is 1. The van der Waals surface area contributed by atoms with Crippen LogP contribution >= 0.6 is 15.9 Å². The standard InChI is InChI=1S/C18H22BrN/c1-13(2)16-6-4-15(5-7-16)12-20-14(3)17-8-10-18(19)11-9-17/h4-11,13-14,20H,12H2,1-3H3/t14-/m0/s1. The predicted octanol–water partition coefficient (Wildman–Crippen LogP) is 5.42. The molecule has 0 saturated heterocycles. The molecule has 2 rings (SSSR count). The van der Waals surface area contributed by atoms with Crippen molar-refractivity contribution in [1.29, 1.82) is 0 Å². The van der Waals surface area contributed by atoms with Gasteiger partial charge >= 0.3 is 0 Å². The van der Waals surface area contributed by atoms with E-state index < -0.39 is 0 Å². The van der Waals surface area contributed by atoms with Crippen molar-refractivity contribution in [1.82, 2.24) is 5.32 Å². The lowest BCUT2D eigenvalue weighted by Gasteiger charge is -2.15. The van der Waals surface area contributed by atoms with E-state index in [2.05, 4.69) is 90.5 Å². The minimum atomic E-state index is 0.355. The number of nitrogens with one attached hydrogen (secondary N) is 1. The second-order valence-corrected chi connectivity index (χ2v) is 6.47. The maximum absolute atomic E-state index is 3.57. The molecule has 2 heteroatoms. The molecule has 0 radical (unpaired) electrons. The topological polar surface area (TPSA) is 12.0 Å². The van der Waals surface area contributed by atoms with Gasteiger partial charge in [0.25, 0.3) is 0 Å². The Balaban J connectivity index is 1.92. The first-order chi connectivity index (χ1) is 9.56. The predicted molar refractivity (Wildman–Crippen MR) is 89.9 cm³/mol. The van der Waals surface area contributed by atoms with E-state index in [1.807, 2.05) is 0 Å². The van der Waals surface area contributed by atoms with Gasteiger partial charge in [0, 0.05) is 17.1 Å². The molecule has 0 unspecified atom stereocenters. The van der Waals surface area contributed by atoms with Gasteiger partial charge in [-0.05, 0) is 41.7 Å². The molecule has 2 aromatic carbocycles. The molecule has 0 aromatic heterocycles. The third kappa shape index (κ3) is 4.19. The summed E-state index contributed by atoms with van der Waals surface area (Å²) in [5, 5.41) is 3.57. The van der Waals surface area contributed by atoms with Crippen LogP contribution in [0.4, 0.5) is 0 Å². The van der Waals surface area contributed by atoms with E-state index >= 15 is 0 Å². The van der Waals surface area contributed by atoms with Crippen LogP contribution in [0, 0.1) is 0 Å². The minimum Gasteiger partial charge on any atom is -0.306 e. The first kappa shape index (κ1) is 15.3. The fraction of sp³-hybridized carbons (Fsp3) is 0.333. The average molecular weight is 332 g/mol. The highest BCUT2D eigenvalue weighted by Crippen LogP contribution is 2.18. The van der Waals surface area contributed by atoms with E-state index in [0.717, 1.165) is 11.0 Å². The summed E-state index contributed by atoms with van der Waals surface area (Å²) in [6.45, 7) is 7.55. The lowest BCUT2D eigenvalue weighted by Crippen LogP contribution is -2.18. The van der Waals surface area contributed by atoms with E-state index in [-0.39, 0.29) is 0 Å². The van der Waals surface area contributed by atoms with Gasteiger partial charge < -0.3 is 5.32 Å². The minimum absolute atomic E-state index is 0.355. The number of rotatable bonds is 5. The van der Waals surface area contributed by atoms with Gasteiger partial charge in [-0.25, -0.2) is 0 Å². The summed E-state index contributed by atoms with van der Waals surface area (Å²) in [5.41, 5.74) is 4.04. The van der Waals surface area contributed by atoms with Gasteiger partial charge in [-0.3, -0.25) is 0 Å². The van der Waals surface area contributed by atoms with Crippen molar-refractivity contribution in [2.24, 2.45) is 0 Å². The lowest BCUT2D eigenvalue weighted by atomic mass is 10.0. The summed E-state index contributed by atoms with van der Waals surface area (Å²) in [6, 6.07) is 17.7. The average Bonchev–Trinajstić information content (AvgIpc) is 2.46. The fourth-order valence-electron chi connectivity index (χ4n) is 2.16. The summed E-state index contributed by atoms with van der Waals surface area (Å²) >= 11 is 3.47. The van der Waals surface area contributed by atoms with Crippen LogP contribution in [-0.4, -0.2) is 0 Å². The molecule has 106 valence electrons. The van der Waals surface area contributed by atoms with Crippen LogP contribution in [0.25, 0.3) is 0 Å². The largest absolute Gasteiger partial charge is 0.306 e. The van der Waals surface area contributed by atoms with Gasteiger partial charge in [-0.15, -0.1) is 0 Å². The summed E-state index contributed by atoms with van der Waals surface area (Å²) in [7, 11) is 0. The van der Waals surface area contributed by atoms with Crippen molar-refractivity contribution in [3.05, 3.63) is 69.7 Å². The highest BCUT2D eigenvalue weighted by atomic mass is 79.9. The van der Waals surface area contributed by atoms with Crippen molar-refractivity contribution in [2.75, 3.05) is 0 Å². The molecule has 1 N–H and O–H groups in total. The molecule has 0 amide bonds. The zero-order valence-corrected chi connectivity index (χ0v) is 13.9. The first-order valence-electron chi connectivity index (χ1n) is 7.14. The Bertz CT molecular complexity index is 528. The molecule has 0 aliphatic heterocycles. The molecule has 0 aliphatic rings. The second kappa shape index (κ2) is 7.05. The molecule has 0 fully saturated rings. The van der Waals surface area contributed by atoms with Crippen LogP contribution in [0.2, 0.25) is 0 Å². The molecule has 1 atom stereocenters. The van der Waals surface area contributed by atoms with Crippen LogP contribution in [0.1, 0.15) is 49.4 Å². The molecule has 1 nitrogen and oxygen atoms in total. The molecular formula is C18H22BrN.